The molecule has 0 saturated carbocycles. The summed E-state index contributed by atoms with van der Waals surface area (Å²) in [5.74, 6) is 0.226. The molecule has 0 aromatic heterocycles. The van der Waals surface area contributed by atoms with E-state index in [1.807, 2.05) is 41.5 Å². The van der Waals surface area contributed by atoms with Gasteiger partial charge in [-0.25, -0.2) is 4.99 Å². The van der Waals surface area contributed by atoms with Gasteiger partial charge in [0.05, 0.1) is 5.60 Å². The number of methoxy groups -OCH3 is 1. The van der Waals surface area contributed by atoms with Crippen LogP contribution in [0.1, 0.15) is 41.5 Å². The van der Waals surface area contributed by atoms with Gasteiger partial charge in [-0.05, 0) is 41.5 Å². The molecule has 0 spiro atoms. The molecule has 6 heteroatoms. The fourth-order valence-electron chi connectivity index (χ4n) is 1.23. The largest absolute Gasteiger partial charge is 0.459 e. The van der Waals surface area contributed by atoms with E-state index in [-0.39, 0.29) is 18.1 Å². The van der Waals surface area contributed by atoms with E-state index >= 15 is 0 Å². The van der Waals surface area contributed by atoms with Gasteiger partial charge in [0, 0.05) is 20.2 Å². The molecule has 0 heterocycles. The number of hydrogen-bond donors (Lipinski definition) is 2. The van der Waals surface area contributed by atoms with Crippen LogP contribution in [0.2, 0.25) is 0 Å². The van der Waals surface area contributed by atoms with Crippen molar-refractivity contribution < 1.29 is 14.3 Å². The molecule has 0 saturated heterocycles. The third kappa shape index (κ3) is 9.61. The molecule has 0 aromatic carbocycles. The quantitative estimate of drug-likeness (QED) is 0.438. The molecular weight excluding hydrogens is 258 g/mol. The van der Waals surface area contributed by atoms with Gasteiger partial charge in [0.25, 0.3) is 0 Å². The summed E-state index contributed by atoms with van der Waals surface area (Å²) in [6, 6.07) is 0. The van der Waals surface area contributed by atoms with E-state index in [4.69, 9.17) is 9.47 Å². The summed E-state index contributed by atoms with van der Waals surface area (Å²) >= 11 is 0. The molecule has 0 fully saturated rings. The molecule has 0 bridgehead atoms. The number of carbonyl (C=O) groups is 1. The van der Waals surface area contributed by atoms with E-state index in [1.165, 1.54) is 0 Å². The minimum absolute atomic E-state index is 0.0139. The third-order valence-electron chi connectivity index (χ3n) is 2.36. The predicted molar refractivity (Wildman–Crippen MR) is 80.9 cm³/mol. The summed E-state index contributed by atoms with van der Waals surface area (Å²) in [6.45, 7) is 12.7. The van der Waals surface area contributed by atoms with Crippen molar-refractivity contribution in [3.05, 3.63) is 0 Å². The minimum atomic E-state index is -0.490. The van der Waals surface area contributed by atoms with Gasteiger partial charge >= 0.3 is 5.97 Å². The summed E-state index contributed by atoms with van der Waals surface area (Å²) in [4.78, 5) is 15.8. The highest BCUT2D eigenvalue weighted by atomic mass is 16.6. The molecule has 0 radical (unpaired) electrons. The van der Waals surface area contributed by atoms with Crippen molar-refractivity contribution in [3.63, 3.8) is 0 Å². The van der Waals surface area contributed by atoms with E-state index in [0.717, 1.165) is 0 Å². The zero-order chi connectivity index (χ0) is 15.8. The number of guanidine groups is 1. The Labute approximate surface area is 122 Å². The van der Waals surface area contributed by atoms with Crippen molar-refractivity contribution in [1.82, 2.24) is 10.6 Å². The van der Waals surface area contributed by atoms with Gasteiger partial charge in [0.1, 0.15) is 12.1 Å². The molecule has 0 amide bonds. The smallest absolute Gasteiger partial charge is 0.328 e. The number of hydrogen-bond acceptors (Lipinski definition) is 4. The Morgan fingerprint density at radius 1 is 1.15 bits per heavy atom. The van der Waals surface area contributed by atoms with Crippen molar-refractivity contribution in [2.24, 2.45) is 4.99 Å². The second-order valence-electron chi connectivity index (χ2n) is 6.10. The zero-order valence-corrected chi connectivity index (χ0v) is 13.8. The lowest BCUT2D eigenvalue weighted by molar-refractivity contribution is -0.152. The monoisotopic (exact) mass is 287 g/mol. The Morgan fingerprint density at radius 3 is 2.20 bits per heavy atom. The zero-order valence-electron chi connectivity index (χ0n) is 13.8. The molecule has 0 aliphatic heterocycles. The van der Waals surface area contributed by atoms with Gasteiger partial charge in [0.2, 0.25) is 0 Å². The van der Waals surface area contributed by atoms with Crippen LogP contribution in [0.25, 0.3) is 0 Å². The second-order valence-corrected chi connectivity index (χ2v) is 6.10. The Bertz CT molecular complexity index is 333. The van der Waals surface area contributed by atoms with Gasteiger partial charge in [-0.1, -0.05) is 0 Å². The molecule has 0 unspecified atom stereocenters. The fourth-order valence-corrected chi connectivity index (χ4v) is 1.23. The highest BCUT2D eigenvalue weighted by molar-refractivity contribution is 5.83. The van der Waals surface area contributed by atoms with Gasteiger partial charge in [-0.15, -0.1) is 0 Å². The minimum Gasteiger partial charge on any atom is -0.459 e. The standard InChI is InChI=1S/C14H29N3O3/c1-8-15-12(17-10-14(5,6)19-7)16-9-11(18)20-13(2,3)4/h8-10H2,1-7H3,(H2,15,16,17). The number of esters is 1. The highest BCUT2D eigenvalue weighted by Gasteiger charge is 2.18. The number of ether oxygens (including phenoxy) is 2. The van der Waals surface area contributed by atoms with E-state index in [1.54, 1.807) is 7.11 Å². The summed E-state index contributed by atoms with van der Waals surface area (Å²) in [5, 5.41) is 6.21. The maximum atomic E-state index is 11.6. The average Bonchev–Trinajstić information content (AvgIpc) is 2.30. The number of nitrogens with zero attached hydrogens (tertiary/aromatic N) is 1. The molecule has 0 aliphatic carbocycles. The Balaban J connectivity index is 4.44. The van der Waals surface area contributed by atoms with E-state index in [0.29, 0.717) is 19.0 Å². The molecule has 6 nitrogen and oxygen atoms in total. The van der Waals surface area contributed by atoms with Crippen LogP contribution in [0.3, 0.4) is 0 Å². The summed E-state index contributed by atoms with van der Waals surface area (Å²) in [6.07, 6.45) is 0. The molecule has 118 valence electrons. The van der Waals surface area contributed by atoms with Gasteiger partial charge in [-0.3, -0.25) is 4.79 Å². The lowest BCUT2D eigenvalue weighted by Crippen LogP contribution is -2.45. The van der Waals surface area contributed by atoms with Crippen LogP contribution in [0.4, 0.5) is 0 Å². The molecular formula is C14H29N3O3. The highest BCUT2D eigenvalue weighted by Crippen LogP contribution is 2.07. The lowest BCUT2D eigenvalue weighted by atomic mass is 10.1. The number of aliphatic imine (C=N–C) groups is 1. The van der Waals surface area contributed by atoms with E-state index in [9.17, 15) is 4.79 Å². The Kier molecular flexibility index (Phi) is 7.57. The first-order valence-electron chi connectivity index (χ1n) is 6.89. The molecule has 0 rings (SSSR count). The van der Waals surface area contributed by atoms with Crippen LogP contribution in [0, 0.1) is 0 Å². The lowest BCUT2D eigenvalue weighted by Gasteiger charge is -2.24. The van der Waals surface area contributed by atoms with Crippen LogP contribution < -0.4 is 10.6 Å². The maximum Gasteiger partial charge on any atom is 0.328 e. The van der Waals surface area contributed by atoms with Gasteiger partial charge in [0.15, 0.2) is 5.96 Å². The van der Waals surface area contributed by atoms with Crippen LogP contribution >= 0.6 is 0 Å². The van der Waals surface area contributed by atoms with E-state index in [2.05, 4.69) is 15.6 Å². The predicted octanol–water partition coefficient (Wildman–Crippen LogP) is 1.31. The van der Waals surface area contributed by atoms with Crippen molar-refractivity contribution >= 4 is 11.9 Å². The van der Waals surface area contributed by atoms with Crippen molar-refractivity contribution in [2.45, 2.75) is 52.7 Å². The number of nitrogens with one attached hydrogen (secondary N) is 2. The van der Waals surface area contributed by atoms with Gasteiger partial charge in [-0.2, -0.15) is 0 Å². The first-order valence-corrected chi connectivity index (χ1v) is 6.89. The van der Waals surface area contributed by atoms with Crippen molar-refractivity contribution in [1.29, 1.82) is 0 Å². The molecule has 20 heavy (non-hydrogen) atoms. The summed E-state index contributed by atoms with van der Waals surface area (Å²) < 4.78 is 10.5. The van der Waals surface area contributed by atoms with Crippen molar-refractivity contribution in [2.75, 3.05) is 26.7 Å². The number of rotatable bonds is 6. The van der Waals surface area contributed by atoms with Crippen molar-refractivity contribution in [3.8, 4) is 0 Å². The molecule has 0 aliphatic rings. The average molecular weight is 287 g/mol. The first kappa shape index (κ1) is 18.7. The first-order chi connectivity index (χ1) is 9.09. The fraction of sp³-hybridized carbons (Fsp3) is 0.857. The number of carbonyl (C=O) groups excluding carboxylic acids is 1. The summed E-state index contributed by atoms with van der Waals surface area (Å²) in [5.41, 5.74) is -0.793. The Hall–Kier alpha value is -1.30. The maximum absolute atomic E-state index is 11.6. The van der Waals surface area contributed by atoms with Crippen LogP contribution in [0.15, 0.2) is 4.99 Å². The van der Waals surface area contributed by atoms with Crippen LogP contribution in [-0.4, -0.2) is 49.9 Å². The summed E-state index contributed by atoms with van der Waals surface area (Å²) in [7, 11) is 1.66. The SMILES string of the molecule is CCNC(=NCC(=O)OC(C)(C)C)NCC(C)(C)OC. The topological polar surface area (TPSA) is 72.0 Å². The van der Waals surface area contributed by atoms with E-state index < -0.39 is 5.60 Å². The van der Waals surface area contributed by atoms with Gasteiger partial charge < -0.3 is 20.1 Å². The van der Waals surface area contributed by atoms with Crippen LogP contribution in [0.5, 0.6) is 0 Å². The second kappa shape index (κ2) is 8.09. The Morgan fingerprint density at radius 2 is 1.75 bits per heavy atom. The van der Waals surface area contributed by atoms with Crippen LogP contribution in [-0.2, 0) is 14.3 Å². The normalized spacial score (nSPS) is 13.1. The molecule has 0 atom stereocenters. The molecule has 0 aromatic rings. The molecule has 2 N–H and O–H groups in total. The third-order valence-corrected chi connectivity index (χ3v) is 2.36.